The van der Waals surface area contributed by atoms with E-state index in [0.29, 0.717) is 11.6 Å². The fraction of sp³-hybridized carbons (Fsp3) is 0.357. The lowest BCUT2D eigenvalue weighted by atomic mass is 10.1. The van der Waals surface area contributed by atoms with Crippen LogP contribution in [0.3, 0.4) is 0 Å². The number of benzene rings is 1. The molecule has 2 unspecified atom stereocenters. The van der Waals surface area contributed by atoms with Gasteiger partial charge in [0.1, 0.15) is 0 Å². The second kappa shape index (κ2) is 7.19. The quantitative estimate of drug-likeness (QED) is 0.778. The maximum absolute atomic E-state index is 11.7. The Morgan fingerprint density at radius 3 is 2.72 bits per heavy atom. The summed E-state index contributed by atoms with van der Waals surface area (Å²) >= 11 is 6.11. The Bertz CT molecular complexity index is 420. The number of rotatable bonds is 6. The van der Waals surface area contributed by atoms with Crippen molar-refractivity contribution in [1.82, 2.24) is 10.6 Å². The summed E-state index contributed by atoms with van der Waals surface area (Å²) in [5.74, 6) is -0.0474. The van der Waals surface area contributed by atoms with E-state index in [9.17, 15) is 4.79 Å². The van der Waals surface area contributed by atoms with Gasteiger partial charge in [-0.1, -0.05) is 35.9 Å². The summed E-state index contributed by atoms with van der Waals surface area (Å²) in [6.07, 6.45) is 1.65. The van der Waals surface area contributed by atoms with E-state index in [-0.39, 0.29) is 18.0 Å². The maximum atomic E-state index is 11.7. The summed E-state index contributed by atoms with van der Waals surface area (Å²) in [5.41, 5.74) is 0.988. The van der Waals surface area contributed by atoms with Gasteiger partial charge in [-0.05, 0) is 25.5 Å². The normalized spacial score (nSPS) is 13.7. The minimum Gasteiger partial charge on any atom is -0.351 e. The van der Waals surface area contributed by atoms with Crippen molar-refractivity contribution >= 4 is 17.5 Å². The zero-order valence-corrected chi connectivity index (χ0v) is 11.5. The van der Waals surface area contributed by atoms with Crippen LogP contribution in [0.15, 0.2) is 36.9 Å². The molecule has 0 spiro atoms. The summed E-state index contributed by atoms with van der Waals surface area (Å²) < 4.78 is 0. The van der Waals surface area contributed by atoms with Crippen LogP contribution < -0.4 is 10.6 Å². The van der Waals surface area contributed by atoms with E-state index in [1.165, 1.54) is 0 Å². The number of carbonyl (C=O) groups excluding carboxylic acids is 1. The Kier molecular flexibility index (Phi) is 5.89. The molecular formula is C14H19ClN2O. The highest BCUT2D eigenvalue weighted by atomic mass is 35.5. The molecule has 4 heteroatoms. The van der Waals surface area contributed by atoms with Gasteiger partial charge in [0.25, 0.3) is 0 Å². The van der Waals surface area contributed by atoms with Crippen LogP contribution in [0, 0.1) is 0 Å². The van der Waals surface area contributed by atoms with Crippen molar-refractivity contribution in [3.8, 4) is 0 Å². The second-order valence-corrected chi connectivity index (χ2v) is 4.57. The van der Waals surface area contributed by atoms with Crippen LogP contribution in [-0.2, 0) is 4.79 Å². The van der Waals surface area contributed by atoms with Gasteiger partial charge in [-0.2, -0.15) is 0 Å². The van der Waals surface area contributed by atoms with Crippen molar-refractivity contribution in [1.29, 1.82) is 0 Å². The molecule has 0 aromatic heterocycles. The lowest BCUT2D eigenvalue weighted by molar-refractivity contribution is -0.122. The molecule has 1 amide bonds. The summed E-state index contributed by atoms with van der Waals surface area (Å²) in [4.78, 5) is 11.7. The molecule has 0 saturated carbocycles. The van der Waals surface area contributed by atoms with Crippen LogP contribution in [-0.4, -0.2) is 18.5 Å². The highest BCUT2D eigenvalue weighted by Crippen LogP contribution is 2.22. The fourth-order valence-corrected chi connectivity index (χ4v) is 1.99. The SMILES string of the molecule is C=CCNC(=O)C(C)NC(C)c1ccccc1Cl. The molecule has 1 aromatic carbocycles. The molecule has 0 bridgehead atoms. The van der Waals surface area contributed by atoms with Gasteiger partial charge in [-0.15, -0.1) is 6.58 Å². The van der Waals surface area contributed by atoms with Crippen LogP contribution in [0.5, 0.6) is 0 Å². The van der Waals surface area contributed by atoms with E-state index in [4.69, 9.17) is 11.6 Å². The zero-order chi connectivity index (χ0) is 13.5. The van der Waals surface area contributed by atoms with Gasteiger partial charge < -0.3 is 5.32 Å². The van der Waals surface area contributed by atoms with Crippen molar-refractivity contribution in [3.05, 3.63) is 47.5 Å². The fourth-order valence-electron chi connectivity index (χ4n) is 1.69. The van der Waals surface area contributed by atoms with Crippen molar-refractivity contribution in [2.75, 3.05) is 6.54 Å². The molecule has 1 aromatic rings. The Morgan fingerprint density at radius 1 is 1.44 bits per heavy atom. The first kappa shape index (κ1) is 14.7. The number of amides is 1. The molecule has 18 heavy (non-hydrogen) atoms. The first-order valence-corrected chi connectivity index (χ1v) is 6.33. The molecule has 0 heterocycles. The van der Waals surface area contributed by atoms with Crippen LogP contribution in [0.1, 0.15) is 25.5 Å². The molecule has 0 fully saturated rings. The van der Waals surface area contributed by atoms with E-state index >= 15 is 0 Å². The first-order chi connectivity index (χ1) is 8.56. The average molecular weight is 267 g/mol. The largest absolute Gasteiger partial charge is 0.351 e. The summed E-state index contributed by atoms with van der Waals surface area (Å²) in [6, 6.07) is 7.35. The summed E-state index contributed by atoms with van der Waals surface area (Å²) in [5, 5.41) is 6.67. The summed E-state index contributed by atoms with van der Waals surface area (Å²) in [7, 11) is 0. The Balaban J connectivity index is 2.59. The molecule has 3 nitrogen and oxygen atoms in total. The van der Waals surface area contributed by atoms with Crippen molar-refractivity contribution in [3.63, 3.8) is 0 Å². The Morgan fingerprint density at radius 2 is 2.11 bits per heavy atom. The topological polar surface area (TPSA) is 41.1 Å². The molecule has 98 valence electrons. The van der Waals surface area contributed by atoms with Crippen LogP contribution >= 0.6 is 11.6 Å². The van der Waals surface area contributed by atoms with Crippen molar-refractivity contribution in [2.24, 2.45) is 0 Å². The van der Waals surface area contributed by atoms with Gasteiger partial charge in [-0.25, -0.2) is 0 Å². The predicted octanol–water partition coefficient (Wildman–Crippen LogP) is 2.68. The molecule has 1 rings (SSSR count). The number of hydrogen-bond donors (Lipinski definition) is 2. The highest BCUT2D eigenvalue weighted by molar-refractivity contribution is 6.31. The van der Waals surface area contributed by atoms with Crippen molar-refractivity contribution < 1.29 is 4.79 Å². The van der Waals surface area contributed by atoms with E-state index < -0.39 is 0 Å². The third-order valence-electron chi connectivity index (χ3n) is 2.69. The average Bonchev–Trinajstić information content (AvgIpc) is 2.36. The van der Waals surface area contributed by atoms with E-state index in [0.717, 1.165) is 5.56 Å². The molecule has 2 N–H and O–H groups in total. The Hall–Kier alpha value is -1.32. The maximum Gasteiger partial charge on any atom is 0.237 e. The second-order valence-electron chi connectivity index (χ2n) is 4.17. The van der Waals surface area contributed by atoms with Gasteiger partial charge in [0, 0.05) is 17.6 Å². The third-order valence-corrected chi connectivity index (χ3v) is 3.03. The number of nitrogens with one attached hydrogen (secondary N) is 2. The van der Waals surface area contributed by atoms with Crippen LogP contribution in [0.25, 0.3) is 0 Å². The van der Waals surface area contributed by atoms with Gasteiger partial charge >= 0.3 is 0 Å². The number of halogens is 1. The lowest BCUT2D eigenvalue weighted by Gasteiger charge is -2.20. The third kappa shape index (κ3) is 4.17. The monoisotopic (exact) mass is 266 g/mol. The predicted molar refractivity (Wildman–Crippen MR) is 75.7 cm³/mol. The molecule has 0 radical (unpaired) electrons. The first-order valence-electron chi connectivity index (χ1n) is 5.95. The number of hydrogen-bond acceptors (Lipinski definition) is 2. The molecule has 0 aliphatic heterocycles. The molecule has 0 aliphatic rings. The zero-order valence-electron chi connectivity index (χ0n) is 10.7. The van der Waals surface area contributed by atoms with Crippen LogP contribution in [0.4, 0.5) is 0 Å². The van der Waals surface area contributed by atoms with E-state index in [1.54, 1.807) is 6.08 Å². The van der Waals surface area contributed by atoms with Gasteiger partial charge in [0.2, 0.25) is 5.91 Å². The van der Waals surface area contributed by atoms with E-state index in [1.807, 2.05) is 38.1 Å². The summed E-state index contributed by atoms with van der Waals surface area (Å²) in [6.45, 7) is 7.85. The molecule has 0 aliphatic carbocycles. The molecule has 2 atom stereocenters. The van der Waals surface area contributed by atoms with Gasteiger partial charge in [-0.3, -0.25) is 10.1 Å². The van der Waals surface area contributed by atoms with Crippen molar-refractivity contribution in [2.45, 2.75) is 25.9 Å². The van der Waals surface area contributed by atoms with Crippen LogP contribution in [0.2, 0.25) is 5.02 Å². The van der Waals surface area contributed by atoms with E-state index in [2.05, 4.69) is 17.2 Å². The molecular weight excluding hydrogens is 248 g/mol. The molecule has 0 saturated heterocycles. The smallest absolute Gasteiger partial charge is 0.237 e. The minimum atomic E-state index is -0.281. The van der Waals surface area contributed by atoms with Gasteiger partial charge in [0.05, 0.1) is 6.04 Å². The minimum absolute atomic E-state index is 0.0168. The lowest BCUT2D eigenvalue weighted by Crippen LogP contribution is -2.43. The highest BCUT2D eigenvalue weighted by Gasteiger charge is 2.16. The van der Waals surface area contributed by atoms with Gasteiger partial charge in [0.15, 0.2) is 0 Å². The number of carbonyl (C=O) groups is 1. The standard InChI is InChI=1S/C14H19ClN2O/c1-4-9-16-14(18)11(3)17-10(2)12-7-5-6-8-13(12)15/h4-8,10-11,17H,1,9H2,2-3H3,(H,16,18). The Labute approximate surface area is 113 Å².